The number of hydrogen-bond acceptors (Lipinski definition) is 8. The van der Waals surface area contributed by atoms with E-state index in [0.717, 1.165) is 25.8 Å². The summed E-state index contributed by atoms with van der Waals surface area (Å²) in [5.41, 5.74) is -0.521. The third-order valence-electron chi connectivity index (χ3n) is 9.69. The monoisotopic (exact) mass is 601 g/mol. The van der Waals surface area contributed by atoms with Crippen LogP contribution in [0.15, 0.2) is 30.5 Å². The van der Waals surface area contributed by atoms with Gasteiger partial charge in [0.15, 0.2) is 5.82 Å². The third-order valence-corrected chi connectivity index (χ3v) is 9.69. The Morgan fingerprint density at radius 1 is 1.20 bits per heavy atom. The topological polar surface area (TPSA) is 83.8 Å². The van der Waals surface area contributed by atoms with E-state index in [9.17, 15) is 13.9 Å². The Labute approximate surface area is 251 Å². The van der Waals surface area contributed by atoms with Crippen molar-refractivity contribution in [3.63, 3.8) is 0 Å². The van der Waals surface area contributed by atoms with Gasteiger partial charge in [0.2, 0.25) is 0 Å². The van der Waals surface area contributed by atoms with Crippen molar-refractivity contribution in [2.75, 3.05) is 44.4 Å². The zero-order chi connectivity index (χ0) is 30.2. The SMILES string of the molecule is C#Cc1c(F)ccc2cc(O)cc(-c3ncc4c(N5CCOC[C@H]6C[C@H]65)nc(OC[C@@]56CCCN5C[C@H](F)C6)nc4c3F)c12. The normalized spacial score (nSPS) is 26.4. The number of pyridine rings is 1. The Balaban J connectivity index is 1.28. The Morgan fingerprint density at radius 2 is 2.09 bits per heavy atom. The number of aromatic hydroxyl groups is 1. The second-order valence-electron chi connectivity index (χ2n) is 12.4. The number of halogens is 3. The van der Waals surface area contributed by atoms with E-state index in [0.29, 0.717) is 55.2 Å². The van der Waals surface area contributed by atoms with E-state index < -0.39 is 23.3 Å². The van der Waals surface area contributed by atoms with Gasteiger partial charge in [-0.15, -0.1) is 6.42 Å². The fraction of sp³-hybridized carbons (Fsp3) is 0.424. The number of anilines is 1. The molecule has 2 aromatic heterocycles. The van der Waals surface area contributed by atoms with Crippen LogP contribution in [0.3, 0.4) is 0 Å². The first kappa shape index (κ1) is 27.4. The lowest BCUT2D eigenvalue weighted by atomic mass is 9.95. The zero-order valence-corrected chi connectivity index (χ0v) is 23.9. The first-order valence-electron chi connectivity index (χ1n) is 15.0. The molecular weight excluding hydrogens is 571 g/mol. The number of phenolic OH excluding ortho intramolecular Hbond substituents is 1. The van der Waals surface area contributed by atoms with Gasteiger partial charge in [-0.05, 0) is 49.4 Å². The number of hydrogen-bond donors (Lipinski definition) is 1. The predicted octanol–water partition coefficient (Wildman–Crippen LogP) is 4.99. The van der Waals surface area contributed by atoms with Gasteiger partial charge in [0.1, 0.15) is 41.4 Å². The summed E-state index contributed by atoms with van der Waals surface area (Å²) < 4.78 is 58.0. The molecule has 0 bridgehead atoms. The highest BCUT2D eigenvalue weighted by Crippen LogP contribution is 2.44. The van der Waals surface area contributed by atoms with Crippen LogP contribution in [0.2, 0.25) is 0 Å². The first-order valence-corrected chi connectivity index (χ1v) is 15.0. The number of ether oxygens (including phenoxy) is 2. The van der Waals surface area contributed by atoms with Gasteiger partial charge >= 0.3 is 6.01 Å². The minimum Gasteiger partial charge on any atom is -0.508 e. The summed E-state index contributed by atoms with van der Waals surface area (Å²) in [6.45, 7) is 3.09. The second-order valence-corrected chi connectivity index (χ2v) is 12.4. The quantitative estimate of drug-likeness (QED) is 0.321. The van der Waals surface area contributed by atoms with Crippen molar-refractivity contribution >= 4 is 27.5 Å². The number of nitrogens with zero attached hydrogens (tertiary/aromatic N) is 5. The van der Waals surface area contributed by atoms with Crippen LogP contribution < -0.4 is 9.64 Å². The average molecular weight is 602 g/mol. The number of terminal acetylenes is 1. The van der Waals surface area contributed by atoms with Crippen LogP contribution in [0, 0.1) is 29.9 Å². The van der Waals surface area contributed by atoms with Crippen LogP contribution in [0.5, 0.6) is 11.8 Å². The van der Waals surface area contributed by atoms with Crippen LogP contribution in [0.1, 0.15) is 31.2 Å². The summed E-state index contributed by atoms with van der Waals surface area (Å²) in [5.74, 6) is 1.64. The molecule has 3 aliphatic heterocycles. The lowest BCUT2D eigenvalue weighted by Gasteiger charge is -2.31. The van der Waals surface area contributed by atoms with E-state index in [2.05, 4.69) is 25.7 Å². The molecular formula is C33H30F3N5O3. The number of alkyl halides is 1. The molecule has 0 unspecified atom stereocenters. The van der Waals surface area contributed by atoms with E-state index in [-0.39, 0.29) is 52.1 Å². The molecule has 2 aromatic carbocycles. The molecule has 226 valence electrons. The molecule has 3 saturated heterocycles. The van der Waals surface area contributed by atoms with Crippen molar-refractivity contribution in [2.24, 2.45) is 5.92 Å². The molecule has 5 heterocycles. The van der Waals surface area contributed by atoms with E-state index in [1.165, 1.54) is 30.5 Å². The lowest BCUT2D eigenvalue weighted by molar-refractivity contribution is 0.107. The highest BCUT2D eigenvalue weighted by molar-refractivity contribution is 6.03. The Kier molecular flexibility index (Phi) is 6.36. The van der Waals surface area contributed by atoms with Crippen molar-refractivity contribution in [1.29, 1.82) is 0 Å². The summed E-state index contributed by atoms with van der Waals surface area (Å²) in [4.78, 5) is 18.0. The second kappa shape index (κ2) is 10.2. The molecule has 4 atom stereocenters. The molecule has 4 fully saturated rings. The number of aromatic nitrogens is 3. The number of phenols is 1. The van der Waals surface area contributed by atoms with Crippen molar-refractivity contribution < 1.29 is 27.8 Å². The minimum absolute atomic E-state index is 0.00873. The molecule has 1 aliphatic carbocycles. The first-order chi connectivity index (χ1) is 21.3. The fourth-order valence-corrected chi connectivity index (χ4v) is 7.51. The van der Waals surface area contributed by atoms with E-state index in [4.69, 9.17) is 20.9 Å². The van der Waals surface area contributed by atoms with Crippen molar-refractivity contribution in [3.05, 3.63) is 47.7 Å². The van der Waals surface area contributed by atoms with E-state index in [1.54, 1.807) is 0 Å². The van der Waals surface area contributed by atoms with Gasteiger partial charge in [0.05, 0.1) is 29.7 Å². The van der Waals surface area contributed by atoms with Crippen molar-refractivity contribution in [3.8, 4) is 35.4 Å². The maximum atomic E-state index is 16.7. The van der Waals surface area contributed by atoms with Gasteiger partial charge in [0, 0.05) is 48.6 Å². The van der Waals surface area contributed by atoms with Gasteiger partial charge in [-0.1, -0.05) is 12.0 Å². The molecule has 0 radical (unpaired) electrons. The largest absolute Gasteiger partial charge is 0.508 e. The van der Waals surface area contributed by atoms with Gasteiger partial charge in [-0.25, -0.2) is 13.2 Å². The molecule has 0 spiro atoms. The summed E-state index contributed by atoms with van der Waals surface area (Å²) in [5, 5.41) is 11.6. The van der Waals surface area contributed by atoms with Crippen LogP contribution in [0.4, 0.5) is 19.0 Å². The van der Waals surface area contributed by atoms with Crippen molar-refractivity contribution in [2.45, 2.75) is 43.4 Å². The van der Waals surface area contributed by atoms with Gasteiger partial charge < -0.3 is 19.5 Å². The standard InChI is InChI=1S/C33H30F3N5O3/c1-2-22-25(35)5-4-18-10-21(42)12-23(27(18)22)29-28(36)30-24(14-37-29)31(41-8-9-43-16-19-11-26(19)41)39-32(38-30)44-17-33-6-3-7-40(33)15-20(34)13-33/h1,4-5,10,12,14,19-20,26,42H,3,6-9,11,13,15-17H2/t19-,20-,26-,33+/m1/s1. The maximum Gasteiger partial charge on any atom is 0.319 e. The van der Waals surface area contributed by atoms with Crippen molar-refractivity contribution in [1.82, 2.24) is 19.9 Å². The Morgan fingerprint density at radius 3 is 2.95 bits per heavy atom. The third kappa shape index (κ3) is 4.34. The lowest BCUT2D eigenvalue weighted by Crippen LogP contribution is -2.43. The molecule has 8 nitrogen and oxygen atoms in total. The summed E-state index contributed by atoms with van der Waals surface area (Å²) in [6.07, 6.45) is 9.32. The highest BCUT2D eigenvalue weighted by atomic mass is 19.1. The minimum atomic E-state index is -0.920. The van der Waals surface area contributed by atoms with Gasteiger partial charge in [-0.3, -0.25) is 9.88 Å². The molecule has 4 aromatic rings. The molecule has 11 heteroatoms. The molecule has 8 rings (SSSR count). The molecule has 0 amide bonds. The molecule has 44 heavy (non-hydrogen) atoms. The van der Waals surface area contributed by atoms with E-state index in [1.807, 2.05) is 0 Å². The average Bonchev–Trinajstić information content (AvgIpc) is 3.62. The van der Waals surface area contributed by atoms with Crippen LogP contribution in [0.25, 0.3) is 32.9 Å². The molecule has 4 aliphatic rings. The number of fused-ring (bicyclic) bond motifs is 4. The Hall–Kier alpha value is -4.14. The fourth-order valence-electron chi connectivity index (χ4n) is 7.51. The highest BCUT2D eigenvalue weighted by Gasteiger charge is 2.49. The molecule has 1 N–H and O–H groups in total. The van der Waals surface area contributed by atoms with Crippen LogP contribution in [-0.4, -0.2) is 82.2 Å². The maximum absolute atomic E-state index is 16.7. The predicted molar refractivity (Wildman–Crippen MR) is 158 cm³/mol. The van der Waals surface area contributed by atoms with Gasteiger partial charge in [0.25, 0.3) is 0 Å². The smallest absolute Gasteiger partial charge is 0.319 e. The molecule has 1 saturated carbocycles. The Bertz CT molecular complexity index is 1870. The van der Waals surface area contributed by atoms with Gasteiger partial charge in [-0.2, -0.15) is 9.97 Å². The number of benzene rings is 2. The van der Waals surface area contributed by atoms with Crippen LogP contribution in [-0.2, 0) is 4.74 Å². The summed E-state index contributed by atoms with van der Waals surface area (Å²) in [7, 11) is 0. The summed E-state index contributed by atoms with van der Waals surface area (Å²) in [6, 6.07) is 5.63. The van der Waals surface area contributed by atoms with E-state index >= 15 is 4.39 Å². The zero-order valence-electron chi connectivity index (χ0n) is 23.9. The number of rotatable bonds is 5. The summed E-state index contributed by atoms with van der Waals surface area (Å²) >= 11 is 0. The van der Waals surface area contributed by atoms with Crippen LogP contribution >= 0.6 is 0 Å².